The number of methoxy groups -OCH3 is 1. The lowest BCUT2D eigenvalue weighted by molar-refractivity contribution is -0.123. The number of imide groups is 1. The molecule has 2 aliphatic rings. The van der Waals surface area contributed by atoms with Gasteiger partial charge in [-0.1, -0.05) is 28.0 Å². The second-order valence-electron chi connectivity index (χ2n) is 7.49. The van der Waals surface area contributed by atoms with Crippen molar-refractivity contribution in [3.8, 4) is 22.9 Å². The number of carbonyl (C=O) groups excluding carboxylic acids is 2. The van der Waals surface area contributed by atoms with Gasteiger partial charge in [-0.3, -0.25) is 14.6 Å². The Hall–Kier alpha value is -3.99. The third-order valence-corrected chi connectivity index (χ3v) is 5.65. The van der Waals surface area contributed by atoms with Crippen LogP contribution in [0.25, 0.3) is 11.4 Å². The van der Waals surface area contributed by atoms with Crippen LogP contribution in [0.2, 0.25) is 5.02 Å². The van der Waals surface area contributed by atoms with Crippen LogP contribution in [-0.4, -0.2) is 52.8 Å². The average molecular weight is 483 g/mol. The summed E-state index contributed by atoms with van der Waals surface area (Å²) in [6.45, 7) is 2.40. The molecule has 0 radical (unpaired) electrons. The van der Waals surface area contributed by atoms with Crippen LogP contribution in [0.3, 0.4) is 0 Å². The van der Waals surface area contributed by atoms with Crippen molar-refractivity contribution in [2.45, 2.75) is 25.6 Å². The fraction of sp³-hybridized carbons (Fsp3) is 0.273. The van der Waals surface area contributed by atoms with Crippen molar-refractivity contribution < 1.29 is 23.6 Å². The summed E-state index contributed by atoms with van der Waals surface area (Å²) in [6.07, 6.45) is 0. The lowest BCUT2D eigenvalue weighted by atomic mass is 10.1. The van der Waals surface area contributed by atoms with E-state index < -0.39 is 23.9 Å². The summed E-state index contributed by atoms with van der Waals surface area (Å²) in [5.74, 6) is 0.782. The standard InChI is InChI=1S/C22H19ClN6O5/c1-3-33-15-8-7-12(9-16(15)32-2)20-24-17(34-26-20)11-28-19-18(25-27-28)21(30)29(22(19)31)14-6-4-5-13(23)10-14/h4-10,18-19H,3,11H2,1-2H3/t18-,19-/m0/s1. The quantitative estimate of drug-likeness (QED) is 0.470. The van der Waals surface area contributed by atoms with Gasteiger partial charge >= 0.3 is 0 Å². The fourth-order valence-corrected chi connectivity index (χ4v) is 4.06. The molecule has 11 nitrogen and oxygen atoms in total. The molecule has 1 saturated heterocycles. The molecule has 0 unspecified atom stereocenters. The van der Waals surface area contributed by atoms with Crippen LogP contribution in [0.4, 0.5) is 5.69 Å². The fourth-order valence-electron chi connectivity index (χ4n) is 3.88. The summed E-state index contributed by atoms with van der Waals surface area (Å²) in [4.78, 5) is 31.4. The van der Waals surface area contributed by atoms with Gasteiger partial charge in [-0.05, 0) is 43.3 Å². The summed E-state index contributed by atoms with van der Waals surface area (Å²) in [7, 11) is 1.55. The molecule has 0 bridgehead atoms. The maximum absolute atomic E-state index is 13.1. The molecule has 0 aliphatic carbocycles. The van der Waals surface area contributed by atoms with Gasteiger partial charge in [0.25, 0.3) is 11.8 Å². The Kier molecular flexibility index (Phi) is 5.62. The largest absolute Gasteiger partial charge is 0.493 e. The number of hydrogen-bond donors (Lipinski definition) is 0. The molecule has 12 heteroatoms. The lowest BCUT2D eigenvalue weighted by Gasteiger charge is -2.19. The number of hydrogen-bond acceptors (Lipinski definition) is 10. The third kappa shape index (κ3) is 3.73. The highest BCUT2D eigenvalue weighted by Gasteiger charge is 2.55. The van der Waals surface area contributed by atoms with Gasteiger partial charge < -0.3 is 14.0 Å². The van der Waals surface area contributed by atoms with E-state index in [4.69, 9.17) is 25.6 Å². The van der Waals surface area contributed by atoms with Crippen molar-refractivity contribution in [3.63, 3.8) is 0 Å². The van der Waals surface area contributed by atoms with Gasteiger partial charge in [0.1, 0.15) is 6.54 Å². The zero-order valence-corrected chi connectivity index (χ0v) is 19.0. The Bertz CT molecular complexity index is 1290. The monoisotopic (exact) mass is 482 g/mol. The Morgan fingerprint density at radius 3 is 2.74 bits per heavy atom. The number of benzene rings is 2. The van der Waals surface area contributed by atoms with Crippen LogP contribution >= 0.6 is 11.6 Å². The van der Waals surface area contributed by atoms with Crippen molar-refractivity contribution in [1.82, 2.24) is 15.1 Å². The SMILES string of the molecule is CCOc1ccc(-c2noc(CN3N=N[C@@H]4C(=O)N(c5cccc(Cl)c5)C(=O)[C@H]43)n2)cc1OC. The number of fused-ring (bicyclic) bond motifs is 1. The van der Waals surface area contributed by atoms with Crippen LogP contribution < -0.4 is 14.4 Å². The Balaban J connectivity index is 1.34. The smallest absolute Gasteiger partial charge is 0.263 e. The summed E-state index contributed by atoms with van der Waals surface area (Å²) >= 11 is 6.03. The Morgan fingerprint density at radius 2 is 1.97 bits per heavy atom. The minimum absolute atomic E-state index is 0.00817. The van der Waals surface area contributed by atoms with Crippen molar-refractivity contribution in [3.05, 3.63) is 53.4 Å². The van der Waals surface area contributed by atoms with E-state index in [1.165, 1.54) is 5.01 Å². The molecule has 3 aromatic rings. The number of anilines is 1. The summed E-state index contributed by atoms with van der Waals surface area (Å²) in [6, 6.07) is 9.98. The van der Waals surface area contributed by atoms with Gasteiger partial charge in [0.2, 0.25) is 11.7 Å². The van der Waals surface area contributed by atoms with Crippen molar-refractivity contribution in [1.29, 1.82) is 0 Å². The maximum Gasteiger partial charge on any atom is 0.263 e. The van der Waals surface area contributed by atoms with Gasteiger partial charge in [0.15, 0.2) is 23.6 Å². The van der Waals surface area contributed by atoms with E-state index in [1.807, 2.05) is 6.92 Å². The van der Waals surface area contributed by atoms with Gasteiger partial charge in [0.05, 0.1) is 19.4 Å². The van der Waals surface area contributed by atoms with E-state index in [0.29, 0.717) is 40.2 Å². The van der Waals surface area contributed by atoms with Crippen LogP contribution in [0.1, 0.15) is 12.8 Å². The topological polar surface area (TPSA) is 123 Å². The van der Waals surface area contributed by atoms with Gasteiger partial charge in [-0.25, -0.2) is 4.90 Å². The second kappa shape index (κ2) is 8.75. The highest BCUT2D eigenvalue weighted by molar-refractivity contribution is 6.31. The Labute approximate surface area is 198 Å². The van der Waals surface area contributed by atoms with Crippen LogP contribution in [0, 0.1) is 0 Å². The highest BCUT2D eigenvalue weighted by atomic mass is 35.5. The first-order chi connectivity index (χ1) is 16.5. The van der Waals surface area contributed by atoms with E-state index >= 15 is 0 Å². The molecule has 1 aromatic heterocycles. The highest BCUT2D eigenvalue weighted by Crippen LogP contribution is 2.34. The first kappa shape index (κ1) is 21.8. The number of halogens is 1. The first-order valence-electron chi connectivity index (χ1n) is 10.4. The molecule has 0 saturated carbocycles. The number of aromatic nitrogens is 2. The molecule has 2 aromatic carbocycles. The van der Waals surface area contributed by atoms with Crippen molar-refractivity contribution in [2.24, 2.45) is 10.3 Å². The minimum atomic E-state index is -0.941. The molecule has 2 amide bonds. The summed E-state index contributed by atoms with van der Waals surface area (Å²) in [5, 5.41) is 13.8. The van der Waals surface area contributed by atoms with E-state index in [1.54, 1.807) is 49.6 Å². The van der Waals surface area contributed by atoms with E-state index in [9.17, 15) is 9.59 Å². The zero-order valence-electron chi connectivity index (χ0n) is 18.2. The molecule has 174 valence electrons. The molecule has 5 rings (SSSR count). The zero-order chi connectivity index (χ0) is 23.8. The molecule has 0 N–H and O–H groups in total. The molecule has 1 fully saturated rings. The Morgan fingerprint density at radius 1 is 1.12 bits per heavy atom. The summed E-state index contributed by atoms with van der Waals surface area (Å²) < 4.78 is 16.3. The molecule has 34 heavy (non-hydrogen) atoms. The molecule has 3 heterocycles. The first-order valence-corrected chi connectivity index (χ1v) is 10.8. The number of amides is 2. The van der Waals surface area contributed by atoms with Gasteiger partial charge in [-0.15, -0.1) is 0 Å². The number of nitrogens with zero attached hydrogens (tertiary/aromatic N) is 6. The molecule has 2 aliphatic heterocycles. The average Bonchev–Trinajstić information content (AvgIpc) is 3.52. The van der Waals surface area contributed by atoms with Crippen LogP contribution in [-0.2, 0) is 16.1 Å². The predicted molar refractivity (Wildman–Crippen MR) is 119 cm³/mol. The second-order valence-corrected chi connectivity index (χ2v) is 7.93. The summed E-state index contributed by atoms with van der Waals surface area (Å²) in [5.41, 5.74) is 1.05. The molecular weight excluding hydrogens is 464 g/mol. The maximum atomic E-state index is 13.1. The molecular formula is C22H19ClN6O5. The van der Waals surface area contributed by atoms with Crippen LogP contribution in [0.5, 0.6) is 11.5 Å². The van der Waals surface area contributed by atoms with Gasteiger partial charge in [0, 0.05) is 10.6 Å². The predicted octanol–water partition coefficient (Wildman–Crippen LogP) is 3.29. The third-order valence-electron chi connectivity index (χ3n) is 5.41. The number of carbonyl (C=O) groups is 2. The molecule has 0 spiro atoms. The van der Waals surface area contributed by atoms with E-state index in [2.05, 4.69) is 20.5 Å². The number of rotatable bonds is 7. The molecule has 2 atom stereocenters. The van der Waals surface area contributed by atoms with E-state index in [-0.39, 0.29) is 12.4 Å². The number of ether oxygens (including phenoxy) is 2. The lowest BCUT2D eigenvalue weighted by Crippen LogP contribution is -2.39. The van der Waals surface area contributed by atoms with Gasteiger partial charge in [-0.2, -0.15) is 10.1 Å². The van der Waals surface area contributed by atoms with Crippen molar-refractivity contribution >= 4 is 29.1 Å². The van der Waals surface area contributed by atoms with Crippen LogP contribution in [0.15, 0.2) is 57.3 Å². The minimum Gasteiger partial charge on any atom is -0.493 e. The van der Waals surface area contributed by atoms with E-state index in [0.717, 1.165) is 4.90 Å². The normalized spacial score (nSPS) is 19.1. The van der Waals surface area contributed by atoms with Crippen molar-refractivity contribution in [2.75, 3.05) is 18.6 Å².